The number of hydrogen-bond donors (Lipinski definition) is 1. The molecule has 0 unspecified atom stereocenters. The van der Waals surface area contributed by atoms with E-state index in [2.05, 4.69) is 38.9 Å². The molecule has 0 amide bonds. The lowest BCUT2D eigenvalue weighted by Crippen LogP contribution is -2.17. The molecular formula is C13H13BrFNS. The lowest BCUT2D eigenvalue weighted by atomic mass is 10.1. The average molecular weight is 314 g/mol. The lowest BCUT2D eigenvalue weighted by molar-refractivity contribution is 0.571. The van der Waals surface area contributed by atoms with Gasteiger partial charge < -0.3 is 5.32 Å². The molecule has 2 rings (SSSR count). The van der Waals surface area contributed by atoms with E-state index in [9.17, 15) is 4.39 Å². The monoisotopic (exact) mass is 313 g/mol. The second-order valence-corrected chi connectivity index (χ2v) is 5.50. The highest BCUT2D eigenvalue weighted by atomic mass is 79.9. The topological polar surface area (TPSA) is 12.0 Å². The van der Waals surface area contributed by atoms with Crippen molar-refractivity contribution in [1.82, 2.24) is 5.32 Å². The number of nitrogens with one attached hydrogen (secondary N) is 1. The largest absolute Gasteiger partial charge is 0.306 e. The van der Waals surface area contributed by atoms with Gasteiger partial charge in [0, 0.05) is 22.4 Å². The summed E-state index contributed by atoms with van der Waals surface area (Å²) in [6, 6.07) is 6.83. The van der Waals surface area contributed by atoms with Crippen LogP contribution in [0.25, 0.3) is 0 Å². The van der Waals surface area contributed by atoms with Gasteiger partial charge in [-0.15, -0.1) is 0 Å². The highest BCUT2D eigenvalue weighted by Gasteiger charge is 2.06. The molecule has 0 saturated heterocycles. The summed E-state index contributed by atoms with van der Waals surface area (Å²) in [5, 5.41) is 7.60. The molecule has 0 fully saturated rings. The standard InChI is InChI=1S/C13H13BrFNS/c1-9(10-2-4-12(15)5-3-10)16-6-11-7-17-8-13(11)14/h2-5,7-9,16H,6H2,1H3/t9-/m1/s1. The number of benzene rings is 1. The van der Waals surface area contributed by atoms with Crippen molar-refractivity contribution in [2.24, 2.45) is 0 Å². The van der Waals surface area contributed by atoms with E-state index >= 15 is 0 Å². The Balaban J connectivity index is 1.95. The number of hydrogen-bond acceptors (Lipinski definition) is 2. The Kier molecular flexibility index (Phi) is 4.31. The van der Waals surface area contributed by atoms with Crippen LogP contribution in [-0.2, 0) is 6.54 Å². The summed E-state index contributed by atoms with van der Waals surface area (Å²) in [6.07, 6.45) is 0. The van der Waals surface area contributed by atoms with Gasteiger partial charge in [0.05, 0.1) is 0 Å². The van der Waals surface area contributed by atoms with Crippen LogP contribution < -0.4 is 5.32 Å². The molecule has 17 heavy (non-hydrogen) atoms. The average Bonchev–Trinajstić information content (AvgIpc) is 2.73. The predicted octanol–water partition coefficient (Wildman–Crippen LogP) is 4.50. The molecule has 0 radical (unpaired) electrons. The van der Waals surface area contributed by atoms with Gasteiger partial charge in [-0.1, -0.05) is 12.1 Å². The minimum absolute atomic E-state index is 0.193. The van der Waals surface area contributed by atoms with Crippen molar-refractivity contribution in [1.29, 1.82) is 0 Å². The van der Waals surface area contributed by atoms with E-state index in [0.29, 0.717) is 0 Å². The molecule has 0 aliphatic carbocycles. The second kappa shape index (κ2) is 5.76. The van der Waals surface area contributed by atoms with Crippen LogP contribution in [0.1, 0.15) is 24.1 Å². The van der Waals surface area contributed by atoms with Crippen LogP contribution in [0.3, 0.4) is 0 Å². The first-order valence-corrected chi connectivity index (χ1v) is 7.10. The number of rotatable bonds is 4. The van der Waals surface area contributed by atoms with Crippen molar-refractivity contribution >= 4 is 27.3 Å². The normalized spacial score (nSPS) is 12.6. The highest BCUT2D eigenvalue weighted by Crippen LogP contribution is 2.22. The van der Waals surface area contributed by atoms with Crippen molar-refractivity contribution in [2.45, 2.75) is 19.5 Å². The van der Waals surface area contributed by atoms with Crippen molar-refractivity contribution < 1.29 is 4.39 Å². The van der Waals surface area contributed by atoms with E-state index < -0.39 is 0 Å². The second-order valence-electron chi connectivity index (χ2n) is 3.90. The van der Waals surface area contributed by atoms with Crippen LogP contribution in [0.5, 0.6) is 0 Å². The van der Waals surface area contributed by atoms with Gasteiger partial charge in [0.1, 0.15) is 5.82 Å². The Morgan fingerprint density at radius 3 is 2.59 bits per heavy atom. The van der Waals surface area contributed by atoms with E-state index in [0.717, 1.165) is 16.6 Å². The van der Waals surface area contributed by atoms with Gasteiger partial charge in [-0.3, -0.25) is 0 Å². The van der Waals surface area contributed by atoms with Crippen LogP contribution in [0.2, 0.25) is 0 Å². The zero-order valence-corrected chi connectivity index (χ0v) is 11.8. The molecule has 1 N–H and O–H groups in total. The van der Waals surface area contributed by atoms with Crippen molar-refractivity contribution in [3.63, 3.8) is 0 Å². The molecule has 1 aromatic carbocycles. The maximum atomic E-state index is 12.8. The molecule has 0 aliphatic rings. The molecule has 0 bridgehead atoms. The Bertz CT molecular complexity index is 480. The molecule has 0 saturated carbocycles. The fourth-order valence-corrected chi connectivity index (χ4v) is 3.01. The fourth-order valence-electron chi connectivity index (χ4n) is 1.57. The Morgan fingerprint density at radius 1 is 1.29 bits per heavy atom. The van der Waals surface area contributed by atoms with Crippen molar-refractivity contribution in [2.75, 3.05) is 0 Å². The van der Waals surface area contributed by atoms with Crippen LogP contribution in [0.4, 0.5) is 4.39 Å². The fraction of sp³-hybridized carbons (Fsp3) is 0.231. The van der Waals surface area contributed by atoms with Gasteiger partial charge in [-0.25, -0.2) is 4.39 Å². The summed E-state index contributed by atoms with van der Waals surface area (Å²) in [5.74, 6) is -0.193. The van der Waals surface area contributed by atoms with Gasteiger partial charge in [-0.2, -0.15) is 11.3 Å². The van der Waals surface area contributed by atoms with E-state index in [1.807, 2.05) is 12.1 Å². The van der Waals surface area contributed by atoms with Gasteiger partial charge in [0.15, 0.2) is 0 Å². The molecule has 1 nitrogen and oxygen atoms in total. The SMILES string of the molecule is C[C@@H](NCc1cscc1Br)c1ccc(F)cc1. The Labute approximate surface area is 113 Å². The predicted molar refractivity (Wildman–Crippen MR) is 73.7 cm³/mol. The first-order chi connectivity index (χ1) is 8.16. The lowest BCUT2D eigenvalue weighted by Gasteiger charge is -2.13. The van der Waals surface area contributed by atoms with Gasteiger partial charge in [-0.05, 0) is 51.5 Å². The zero-order chi connectivity index (χ0) is 12.3. The smallest absolute Gasteiger partial charge is 0.123 e. The minimum Gasteiger partial charge on any atom is -0.306 e. The maximum Gasteiger partial charge on any atom is 0.123 e. The summed E-state index contributed by atoms with van der Waals surface area (Å²) in [4.78, 5) is 0. The first kappa shape index (κ1) is 12.7. The maximum absolute atomic E-state index is 12.8. The summed E-state index contributed by atoms with van der Waals surface area (Å²) in [6.45, 7) is 2.89. The highest BCUT2D eigenvalue weighted by molar-refractivity contribution is 9.10. The zero-order valence-electron chi connectivity index (χ0n) is 9.41. The third-order valence-electron chi connectivity index (χ3n) is 2.66. The summed E-state index contributed by atoms with van der Waals surface area (Å²) >= 11 is 5.18. The Morgan fingerprint density at radius 2 is 2.00 bits per heavy atom. The van der Waals surface area contributed by atoms with E-state index in [4.69, 9.17) is 0 Å². The van der Waals surface area contributed by atoms with E-state index in [1.165, 1.54) is 17.7 Å². The quantitative estimate of drug-likeness (QED) is 0.876. The molecule has 2 aromatic rings. The molecule has 90 valence electrons. The number of halogens is 2. The Hall–Kier alpha value is -0.710. The molecule has 4 heteroatoms. The van der Waals surface area contributed by atoms with Crippen LogP contribution in [-0.4, -0.2) is 0 Å². The molecule has 1 heterocycles. The minimum atomic E-state index is -0.193. The first-order valence-electron chi connectivity index (χ1n) is 5.36. The summed E-state index contributed by atoms with van der Waals surface area (Å²) in [7, 11) is 0. The summed E-state index contributed by atoms with van der Waals surface area (Å²) < 4.78 is 13.9. The molecule has 0 aliphatic heterocycles. The van der Waals surface area contributed by atoms with Crippen molar-refractivity contribution in [3.8, 4) is 0 Å². The van der Waals surface area contributed by atoms with Gasteiger partial charge >= 0.3 is 0 Å². The molecular weight excluding hydrogens is 301 g/mol. The van der Waals surface area contributed by atoms with Gasteiger partial charge in [0.25, 0.3) is 0 Å². The molecule has 1 atom stereocenters. The molecule has 0 spiro atoms. The third-order valence-corrected chi connectivity index (χ3v) is 4.49. The van der Waals surface area contributed by atoms with E-state index in [-0.39, 0.29) is 11.9 Å². The molecule has 1 aromatic heterocycles. The van der Waals surface area contributed by atoms with E-state index in [1.54, 1.807) is 11.3 Å². The summed E-state index contributed by atoms with van der Waals surface area (Å²) in [5.41, 5.74) is 2.35. The van der Waals surface area contributed by atoms with Crippen molar-refractivity contribution in [3.05, 3.63) is 56.4 Å². The van der Waals surface area contributed by atoms with Crippen LogP contribution in [0.15, 0.2) is 39.5 Å². The number of thiophene rings is 1. The van der Waals surface area contributed by atoms with Crippen LogP contribution >= 0.6 is 27.3 Å². The third kappa shape index (κ3) is 3.37. The van der Waals surface area contributed by atoms with Gasteiger partial charge in [0.2, 0.25) is 0 Å². The van der Waals surface area contributed by atoms with Crippen LogP contribution in [0, 0.1) is 5.82 Å².